The second-order valence-electron chi connectivity index (χ2n) is 5.59. The number of amides is 2. The van der Waals surface area contributed by atoms with E-state index in [1.807, 2.05) is 6.92 Å². The molecule has 3 unspecified atom stereocenters. The zero-order valence-corrected chi connectivity index (χ0v) is 12.6. The van der Waals surface area contributed by atoms with Crippen LogP contribution in [0.4, 0.5) is 4.79 Å². The van der Waals surface area contributed by atoms with Crippen LogP contribution in [0.15, 0.2) is 0 Å². The van der Waals surface area contributed by atoms with Crippen LogP contribution in [0.5, 0.6) is 0 Å². The van der Waals surface area contributed by atoms with Crippen molar-refractivity contribution in [3.05, 3.63) is 0 Å². The fourth-order valence-corrected chi connectivity index (χ4v) is 2.59. The summed E-state index contributed by atoms with van der Waals surface area (Å²) in [4.78, 5) is 24.9. The molecule has 3 atom stereocenters. The molecule has 2 amide bonds. The number of ether oxygens (including phenoxy) is 1. The molecule has 1 heterocycles. The van der Waals surface area contributed by atoms with Crippen LogP contribution in [0.2, 0.25) is 0 Å². The monoisotopic (exact) mass is 286 g/mol. The van der Waals surface area contributed by atoms with E-state index in [-0.39, 0.29) is 11.9 Å². The number of likely N-dealkylation sites (tertiary alicyclic amines) is 1. The molecule has 0 saturated carbocycles. The molecule has 1 saturated heterocycles. The van der Waals surface area contributed by atoms with Gasteiger partial charge in [0.05, 0.1) is 6.61 Å². The number of urea groups is 1. The summed E-state index contributed by atoms with van der Waals surface area (Å²) < 4.78 is 5.01. The summed E-state index contributed by atoms with van der Waals surface area (Å²) in [5.41, 5.74) is 0. The number of carboxylic acid groups (broad SMARTS) is 1. The van der Waals surface area contributed by atoms with Crippen LogP contribution in [0.1, 0.15) is 33.1 Å². The first-order valence-electron chi connectivity index (χ1n) is 7.25. The highest BCUT2D eigenvalue weighted by Gasteiger charge is 2.35. The Balaban J connectivity index is 2.54. The van der Waals surface area contributed by atoms with Gasteiger partial charge in [-0.05, 0) is 24.7 Å². The van der Waals surface area contributed by atoms with Crippen LogP contribution in [0, 0.1) is 11.8 Å². The summed E-state index contributed by atoms with van der Waals surface area (Å²) in [6.45, 7) is 5.61. The number of rotatable bonds is 6. The van der Waals surface area contributed by atoms with Gasteiger partial charge in [-0.1, -0.05) is 20.3 Å². The van der Waals surface area contributed by atoms with Gasteiger partial charge < -0.3 is 20.1 Å². The van der Waals surface area contributed by atoms with Crippen LogP contribution in [0.25, 0.3) is 0 Å². The van der Waals surface area contributed by atoms with Crippen molar-refractivity contribution in [2.75, 3.05) is 26.8 Å². The molecule has 0 aromatic rings. The van der Waals surface area contributed by atoms with Crippen LogP contribution in [0.3, 0.4) is 0 Å². The van der Waals surface area contributed by atoms with Crippen molar-refractivity contribution in [3.63, 3.8) is 0 Å². The van der Waals surface area contributed by atoms with E-state index in [1.165, 1.54) is 4.90 Å². The standard InChI is InChI=1S/C14H26N2O4/c1-4-11-5-6-16(12(7-11)13(17)18)14(19)15-8-10(2)9-20-3/h10-12H,4-9H2,1-3H3,(H,15,19)(H,17,18). The number of hydrogen-bond donors (Lipinski definition) is 2. The number of carbonyl (C=O) groups is 2. The van der Waals surface area contributed by atoms with Gasteiger partial charge >= 0.3 is 12.0 Å². The predicted octanol–water partition coefficient (Wildman–Crippen LogP) is 1.55. The summed E-state index contributed by atoms with van der Waals surface area (Å²) in [6, 6.07) is -0.985. The van der Waals surface area contributed by atoms with Crippen LogP contribution in [-0.4, -0.2) is 54.9 Å². The van der Waals surface area contributed by atoms with Crippen molar-refractivity contribution in [2.24, 2.45) is 11.8 Å². The van der Waals surface area contributed by atoms with Gasteiger partial charge in [0.25, 0.3) is 0 Å². The molecule has 6 heteroatoms. The first kappa shape index (κ1) is 16.8. The van der Waals surface area contributed by atoms with Gasteiger partial charge in [-0.15, -0.1) is 0 Å². The second-order valence-corrected chi connectivity index (χ2v) is 5.59. The zero-order chi connectivity index (χ0) is 15.1. The summed E-state index contributed by atoms with van der Waals surface area (Å²) in [5, 5.41) is 12.1. The predicted molar refractivity (Wildman–Crippen MR) is 75.6 cm³/mol. The Labute approximate surface area is 120 Å². The van der Waals surface area contributed by atoms with Crippen LogP contribution < -0.4 is 5.32 Å². The van der Waals surface area contributed by atoms with Crippen molar-refractivity contribution < 1.29 is 19.4 Å². The highest BCUT2D eigenvalue weighted by Crippen LogP contribution is 2.25. The van der Waals surface area contributed by atoms with Crippen LogP contribution in [-0.2, 0) is 9.53 Å². The number of hydrogen-bond acceptors (Lipinski definition) is 3. The van der Waals surface area contributed by atoms with Gasteiger partial charge in [-0.3, -0.25) is 0 Å². The van der Waals surface area contributed by atoms with E-state index in [4.69, 9.17) is 4.74 Å². The first-order valence-corrected chi connectivity index (χ1v) is 7.25. The van der Waals surface area contributed by atoms with Gasteiger partial charge in [0, 0.05) is 20.2 Å². The van der Waals surface area contributed by atoms with E-state index < -0.39 is 12.0 Å². The molecule has 0 aromatic heterocycles. The van der Waals surface area contributed by atoms with Gasteiger partial charge in [0.1, 0.15) is 6.04 Å². The number of nitrogens with zero attached hydrogens (tertiary/aromatic N) is 1. The average Bonchev–Trinajstić information content (AvgIpc) is 2.44. The molecular weight excluding hydrogens is 260 g/mol. The average molecular weight is 286 g/mol. The third-order valence-corrected chi connectivity index (χ3v) is 3.89. The zero-order valence-electron chi connectivity index (χ0n) is 12.6. The van der Waals surface area contributed by atoms with E-state index >= 15 is 0 Å². The molecular formula is C14H26N2O4. The molecule has 0 aromatic carbocycles. The molecule has 0 bridgehead atoms. The quantitative estimate of drug-likeness (QED) is 0.776. The second kappa shape index (κ2) is 8.09. The summed E-state index contributed by atoms with van der Waals surface area (Å²) in [6.07, 6.45) is 2.39. The number of aliphatic carboxylic acids is 1. The van der Waals surface area contributed by atoms with Gasteiger partial charge in [0.2, 0.25) is 0 Å². The Kier molecular flexibility index (Phi) is 6.78. The highest BCUT2D eigenvalue weighted by molar-refractivity contribution is 5.82. The number of nitrogens with one attached hydrogen (secondary N) is 1. The third-order valence-electron chi connectivity index (χ3n) is 3.89. The molecule has 1 rings (SSSR count). The number of carbonyl (C=O) groups excluding carboxylic acids is 1. The third kappa shape index (κ3) is 4.67. The SMILES string of the molecule is CCC1CCN(C(=O)NCC(C)COC)C(C(=O)O)C1. The summed E-state index contributed by atoms with van der Waals surface area (Å²) in [5.74, 6) is -0.309. The maximum atomic E-state index is 12.1. The molecule has 1 aliphatic heterocycles. The Morgan fingerprint density at radius 1 is 1.50 bits per heavy atom. The van der Waals surface area contributed by atoms with Gasteiger partial charge in [0.15, 0.2) is 0 Å². The Morgan fingerprint density at radius 3 is 2.75 bits per heavy atom. The van der Waals surface area contributed by atoms with Crippen molar-refractivity contribution in [2.45, 2.75) is 39.2 Å². The molecule has 0 spiro atoms. The summed E-state index contributed by atoms with van der Waals surface area (Å²) in [7, 11) is 1.62. The van der Waals surface area contributed by atoms with Crippen LogP contribution >= 0.6 is 0 Å². The number of methoxy groups -OCH3 is 1. The minimum Gasteiger partial charge on any atom is -0.480 e. The number of carboxylic acids is 1. The van der Waals surface area contributed by atoms with Crippen molar-refractivity contribution in [3.8, 4) is 0 Å². The topological polar surface area (TPSA) is 78.9 Å². The van der Waals surface area contributed by atoms with E-state index in [1.54, 1.807) is 7.11 Å². The van der Waals surface area contributed by atoms with E-state index in [0.717, 1.165) is 12.8 Å². The van der Waals surface area contributed by atoms with E-state index in [9.17, 15) is 14.7 Å². The molecule has 116 valence electrons. The lowest BCUT2D eigenvalue weighted by Crippen LogP contribution is -2.54. The molecule has 1 fully saturated rings. The van der Waals surface area contributed by atoms with Crippen molar-refractivity contribution in [1.82, 2.24) is 10.2 Å². The normalized spacial score (nSPS) is 24.2. The Bertz CT molecular complexity index is 335. The maximum Gasteiger partial charge on any atom is 0.326 e. The maximum absolute atomic E-state index is 12.1. The molecule has 20 heavy (non-hydrogen) atoms. The molecule has 0 aliphatic carbocycles. The first-order chi connectivity index (χ1) is 9.49. The smallest absolute Gasteiger partial charge is 0.326 e. The number of piperidine rings is 1. The lowest BCUT2D eigenvalue weighted by Gasteiger charge is -2.37. The van der Waals surface area contributed by atoms with Gasteiger partial charge in [-0.25, -0.2) is 9.59 Å². The van der Waals surface area contributed by atoms with Crippen molar-refractivity contribution in [1.29, 1.82) is 0 Å². The fourth-order valence-electron chi connectivity index (χ4n) is 2.59. The molecule has 2 N–H and O–H groups in total. The van der Waals surface area contributed by atoms with E-state index in [0.29, 0.717) is 32.0 Å². The Morgan fingerprint density at radius 2 is 2.20 bits per heavy atom. The largest absolute Gasteiger partial charge is 0.480 e. The lowest BCUT2D eigenvalue weighted by molar-refractivity contribution is -0.144. The minimum atomic E-state index is -0.914. The summed E-state index contributed by atoms with van der Waals surface area (Å²) >= 11 is 0. The molecule has 0 radical (unpaired) electrons. The lowest BCUT2D eigenvalue weighted by atomic mass is 9.89. The fraction of sp³-hybridized carbons (Fsp3) is 0.857. The Hall–Kier alpha value is -1.30. The van der Waals surface area contributed by atoms with Crippen molar-refractivity contribution >= 4 is 12.0 Å². The minimum absolute atomic E-state index is 0.209. The highest BCUT2D eigenvalue weighted by atomic mass is 16.5. The molecule has 6 nitrogen and oxygen atoms in total. The van der Waals surface area contributed by atoms with Gasteiger partial charge in [-0.2, -0.15) is 0 Å². The van der Waals surface area contributed by atoms with E-state index in [2.05, 4.69) is 12.2 Å². The molecule has 1 aliphatic rings.